The summed E-state index contributed by atoms with van der Waals surface area (Å²) in [7, 11) is 2.19. The van der Waals surface area contributed by atoms with E-state index in [2.05, 4.69) is 115 Å². The van der Waals surface area contributed by atoms with Crippen molar-refractivity contribution in [1.82, 2.24) is 4.90 Å². The molecular weight excluding hydrogens is 338 g/mol. The molecule has 1 heteroatoms. The van der Waals surface area contributed by atoms with Gasteiger partial charge in [0.05, 0.1) is 0 Å². The fraction of sp³-hybridized carbons (Fsp3) is 0.111. The molecule has 0 aliphatic carbocycles. The maximum Gasteiger partial charge on any atom is 0.0240 e. The minimum absolute atomic E-state index is 0.936. The van der Waals surface area contributed by atoms with Crippen molar-refractivity contribution >= 4 is 22.9 Å². The number of fused-ring (bicyclic) bond motifs is 1. The first-order valence-corrected chi connectivity index (χ1v) is 9.75. The molecule has 0 aliphatic rings. The van der Waals surface area contributed by atoms with E-state index in [4.69, 9.17) is 0 Å². The van der Waals surface area contributed by atoms with Gasteiger partial charge in [-0.2, -0.15) is 0 Å². The first-order chi connectivity index (χ1) is 13.8. The van der Waals surface area contributed by atoms with Gasteiger partial charge in [0.25, 0.3) is 0 Å². The second-order valence-corrected chi connectivity index (χ2v) is 7.30. The van der Waals surface area contributed by atoms with Crippen LogP contribution in [0.1, 0.15) is 22.3 Å². The third-order valence-electron chi connectivity index (χ3n) is 5.02. The van der Waals surface area contributed by atoms with Crippen molar-refractivity contribution in [2.45, 2.75) is 13.1 Å². The molecule has 4 aromatic rings. The van der Waals surface area contributed by atoms with Crippen LogP contribution in [-0.2, 0) is 13.1 Å². The molecule has 138 valence electrons. The number of hydrogen-bond acceptors (Lipinski definition) is 1. The SMILES string of the molecule is CN(Cc1ccc(/C=C/c2ccccc2)cc1)Cc1cccc2ccccc12. The maximum absolute atomic E-state index is 2.37. The van der Waals surface area contributed by atoms with Gasteiger partial charge in [-0.3, -0.25) is 4.90 Å². The first kappa shape index (κ1) is 18.2. The molecule has 0 aromatic heterocycles. The van der Waals surface area contributed by atoms with Crippen LogP contribution in [0.25, 0.3) is 22.9 Å². The van der Waals surface area contributed by atoms with E-state index in [0.29, 0.717) is 0 Å². The molecule has 0 fully saturated rings. The lowest BCUT2D eigenvalue weighted by Crippen LogP contribution is -2.17. The van der Waals surface area contributed by atoms with Crippen molar-refractivity contribution in [3.05, 3.63) is 119 Å². The minimum Gasteiger partial charge on any atom is -0.298 e. The molecule has 0 unspecified atom stereocenters. The fourth-order valence-corrected chi connectivity index (χ4v) is 3.58. The Morgan fingerprint density at radius 1 is 0.607 bits per heavy atom. The van der Waals surface area contributed by atoms with Gasteiger partial charge in [-0.15, -0.1) is 0 Å². The molecule has 0 heterocycles. The molecule has 0 N–H and O–H groups in total. The van der Waals surface area contributed by atoms with E-state index >= 15 is 0 Å². The van der Waals surface area contributed by atoms with E-state index in [0.717, 1.165) is 13.1 Å². The molecule has 0 amide bonds. The standard InChI is InChI=1S/C27H25N/c1-28(21-26-12-7-11-25-10-5-6-13-27(25)26)20-24-18-16-23(17-19-24)15-14-22-8-3-2-4-9-22/h2-19H,20-21H2,1H3/b15-14+. The fourth-order valence-electron chi connectivity index (χ4n) is 3.58. The summed E-state index contributed by atoms with van der Waals surface area (Å²) in [5.41, 5.74) is 5.16. The lowest BCUT2D eigenvalue weighted by Gasteiger charge is -2.18. The summed E-state index contributed by atoms with van der Waals surface area (Å²) in [4.78, 5) is 2.37. The summed E-state index contributed by atoms with van der Waals surface area (Å²) < 4.78 is 0. The second-order valence-electron chi connectivity index (χ2n) is 7.30. The molecule has 1 nitrogen and oxygen atoms in total. The summed E-state index contributed by atoms with van der Waals surface area (Å²) in [5, 5.41) is 2.65. The Labute approximate surface area is 167 Å². The Kier molecular flexibility index (Phi) is 5.65. The van der Waals surface area contributed by atoms with Gasteiger partial charge in [0.1, 0.15) is 0 Å². The van der Waals surface area contributed by atoms with Crippen LogP contribution in [0, 0.1) is 0 Å². The molecule has 0 atom stereocenters. The summed E-state index contributed by atoms with van der Waals surface area (Å²) in [5.74, 6) is 0. The van der Waals surface area contributed by atoms with E-state index in [1.165, 1.54) is 33.0 Å². The zero-order chi connectivity index (χ0) is 19.2. The zero-order valence-electron chi connectivity index (χ0n) is 16.3. The maximum atomic E-state index is 2.37. The lowest BCUT2D eigenvalue weighted by molar-refractivity contribution is 0.320. The van der Waals surface area contributed by atoms with Gasteiger partial charge in [-0.1, -0.05) is 109 Å². The van der Waals surface area contributed by atoms with Gasteiger partial charge < -0.3 is 0 Å². The van der Waals surface area contributed by atoms with E-state index in [-0.39, 0.29) is 0 Å². The van der Waals surface area contributed by atoms with Gasteiger partial charge in [-0.25, -0.2) is 0 Å². The van der Waals surface area contributed by atoms with Crippen LogP contribution >= 0.6 is 0 Å². The van der Waals surface area contributed by atoms with Crippen molar-refractivity contribution in [2.75, 3.05) is 7.05 Å². The molecule has 0 aliphatic heterocycles. The van der Waals surface area contributed by atoms with E-state index in [1.54, 1.807) is 0 Å². The Bertz CT molecular complexity index is 1060. The van der Waals surface area contributed by atoms with Crippen LogP contribution < -0.4 is 0 Å². The summed E-state index contributed by atoms with van der Waals surface area (Å²) in [6, 6.07) is 34.4. The zero-order valence-corrected chi connectivity index (χ0v) is 16.3. The molecule has 0 spiro atoms. The number of benzene rings is 4. The van der Waals surface area contributed by atoms with Gasteiger partial charge in [0.2, 0.25) is 0 Å². The highest BCUT2D eigenvalue weighted by Crippen LogP contribution is 2.20. The average molecular weight is 364 g/mol. The van der Waals surface area contributed by atoms with E-state index < -0.39 is 0 Å². The molecule has 0 bridgehead atoms. The molecule has 0 radical (unpaired) electrons. The topological polar surface area (TPSA) is 3.24 Å². The predicted octanol–water partition coefficient (Wildman–Crippen LogP) is 6.64. The normalized spacial score (nSPS) is 11.5. The monoisotopic (exact) mass is 363 g/mol. The van der Waals surface area contributed by atoms with E-state index in [9.17, 15) is 0 Å². The van der Waals surface area contributed by atoms with Crippen LogP contribution in [0.3, 0.4) is 0 Å². The molecular formula is C27H25N. The van der Waals surface area contributed by atoms with Crippen molar-refractivity contribution < 1.29 is 0 Å². The highest BCUT2D eigenvalue weighted by Gasteiger charge is 2.05. The van der Waals surface area contributed by atoms with Gasteiger partial charge in [-0.05, 0) is 40.1 Å². The minimum atomic E-state index is 0.936. The van der Waals surface area contributed by atoms with Crippen molar-refractivity contribution in [3.63, 3.8) is 0 Å². The highest BCUT2D eigenvalue weighted by molar-refractivity contribution is 5.85. The Hall–Kier alpha value is -3.16. The van der Waals surface area contributed by atoms with Gasteiger partial charge >= 0.3 is 0 Å². The van der Waals surface area contributed by atoms with Crippen molar-refractivity contribution in [1.29, 1.82) is 0 Å². The lowest BCUT2D eigenvalue weighted by atomic mass is 10.0. The Balaban J connectivity index is 1.40. The molecule has 0 saturated heterocycles. The van der Waals surface area contributed by atoms with Crippen molar-refractivity contribution in [3.8, 4) is 0 Å². The van der Waals surface area contributed by atoms with Crippen LogP contribution in [0.4, 0.5) is 0 Å². The summed E-state index contributed by atoms with van der Waals surface area (Å²) >= 11 is 0. The van der Waals surface area contributed by atoms with Crippen molar-refractivity contribution in [2.24, 2.45) is 0 Å². The smallest absolute Gasteiger partial charge is 0.0240 e. The summed E-state index contributed by atoms with van der Waals surface area (Å²) in [6.45, 7) is 1.88. The van der Waals surface area contributed by atoms with Crippen LogP contribution in [0.2, 0.25) is 0 Å². The van der Waals surface area contributed by atoms with Crippen LogP contribution in [-0.4, -0.2) is 11.9 Å². The Morgan fingerprint density at radius 2 is 1.25 bits per heavy atom. The molecule has 28 heavy (non-hydrogen) atoms. The number of nitrogens with zero attached hydrogens (tertiary/aromatic N) is 1. The number of rotatable bonds is 6. The third-order valence-corrected chi connectivity index (χ3v) is 5.02. The highest BCUT2D eigenvalue weighted by atomic mass is 15.1. The quantitative estimate of drug-likeness (QED) is 0.347. The van der Waals surface area contributed by atoms with Crippen LogP contribution in [0.5, 0.6) is 0 Å². The molecule has 4 aromatic carbocycles. The van der Waals surface area contributed by atoms with Gasteiger partial charge in [0, 0.05) is 13.1 Å². The second kappa shape index (κ2) is 8.69. The molecule has 0 saturated carbocycles. The largest absolute Gasteiger partial charge is 0.298 e. The Morgan fingerprint density at radius 3 is 2.04 bits per heavy atom. The van der Waals surface area contributed by atoms with Crippen LogP contribution in [0.15, 0.2) is 97.1 Å². The first-order valence-electron chi connectivity index (χ1n) is 9.75. The third kappa shape index (κ3) is 4.57. The van der Waals surface area contributed by atoms with Gasteiger partial charge in [0.15, 0.2) is 0 Å². The predicted molar refractivity (Wildman–Crippen MR) is 121 cm³/mol. The average Bonchev–Trinajstić information content (AvgIpc) is 2.74. The van der Waals surface area contributed by atoms with E-state index in [1.807, 2.05) is 6.07 Å². The number of hydrogen-bond donors (Lipinski definition) is 0. The molecule has 4 rings (SSSR count). The summed E-state index contributed by atoms with van der Waals surface area (Å²) in [6.07, 6.45) is 4.32.